The van der Waals surface area contributed by atoms with Gasteiger partial charge >= 0.3 is 0 Å². The molecule has 4 amide bonds. The van der Waals surface area contributed by atoms with Crippen LogP contribution in [0.3, 0.4) is 0 Å². The number of fused-ring (bicyclic) bond motifs is 2. The number of amides is 4. The van der Waals surface area contributed by atoms with E-state index in [9.17, 15) is 19.2 Å². The molecule has 0 aliphatic carbocycles. The number of carbonyl (C=O) groups is 4. The molecule has 0 saturated heterocycles. The highest BCUT2D eigenvalue weighted by Gasteiger charge is 2.39. The maximum absolute atomic E-state index is 12.9. The van der Waals surface area contributed by atoms with E-state index in [1.165, 1.54) is 30.1 Å². The maximum atomic E-state index is 12.9. The molecule has 0 radical (unpaired) electrons. The Kier molecular flexibility index (Phi) is 5.56. The van der Waals surface area contributed by atoms with Gasteiger partial charge in [0.05, 0.1) is 34.9 Å². The molecule has 0 fully saturated rings. The zero-order chi connectivity index (χ0) is 23.2. The largest absolute Gasteiger partial charge is 0.457 e. The number of ether oxygens (including phenoxy) is 2. The van der Waals surface area contributed by atoms with E-state index in [2.05, 4.69) is 0 Å². The van der Waals surface area contributed by atoms with Crippen molar-refractivity contribution in [3.8, 4) is 11.5 Å². The fraction of sp³-hybridized carbons (Fsp3) is 0.333. The van der Waals surface area contributed by atoms with E-state index in [0.717, 1.165) is 4.90 Å². The van der Waals surface area contributed by atoms with Gasteiger partial charge in [-0.05, 0) is 49.2 Å². The van der Waals surface area contributed by atoms with Gasteiger partial charge in [0.2, 0.25) is 0 Å². The van der Waals surface area contributed by atoms with Crippen LogP contribution >= 0.6 is 0 Å². The molecule has 0 N–H and O–H groups in total. The first-order valence-electron chi connectivity index (χ1n) is 10.4. The number of benzene rings is 2. The minimum Gasteiger partial charge on any atom is -0.457 e. The van der Waals surface area contributed by atoms with E-state index in [0.29, 0.717) is 35.2 Å². The minimum absolute atomic E-state index is 0.260. The molecule has 8 nitrogen and oxygen atoms in total. The van der Waals surface area contributed by atoms with Gasteiger partial charge in [-0.1, -0.05) is 13.8 Å². The summed E-state index contributed by atoms with van der Waals surface area (Å²) in [5, 5.41) is 0. The van der Waals surface area contributed by atoms with Gasteiger partial charge < -0.3 is 9.47 Å². The van der Waals surface area contributed by atoms with E-state index in [1.54, 1.807) is 25.1 Å². The van der Waals surface area contributed by atoms with Gasteiger partial charge in [0.25, 0.3) is 23.6 Å². The average molecular weight is 436 g/mol. The molecule has 8 heteroatoms. The lowest BCUT2D eigenvalue weighted by molar-refractivity contribution is 0.0384. The van der Waals surface area contributed by atoms with Crippen LogP contribution in [0.1, 0.15) is 62.2 Å². The molecule has 1 unspecified atom stereocenters. The van der Waals surface area contributed by atoms with Gasteiger partial charge in [0.15, 0.2) is 0 Å². The number of carbonyl (C=O) groups excluding carboxylic acids is 4. The quantitative estimate of drug-likeness (QED) is 0.618. The van der Waals surface area contributed by atoms with Crippen molar-refractivity contribution in [3.05, 3.63) is 58.7 Å². The number of hydrogen-bond acceptors (Lipinski definition) is 6. The normalized spacial score (nSPS) is 16.2. The third-order valence-corrected chi connectivity index (χ3v) is 5.44. The molecule has 32 heavy (non-hydrogen) atoms. The summed E-state index contributed by atoms with van der Waals surface area (Å²) in [6, 6.07) is 8.90. The summed E-state index contributed by atoms with van der Waals surface area (Å²) in [6.07, 6.45) is 0. The Morgan fingerprint density at radius 1 is 0.719 bits per heavy atom. The van der Waals surface area contributed by atoms with Crippen LogP contribution in [-0.2, 0) is 4.74 Å². The predicted octanol–water partition coefficient (Wildman–Crippen LogP) is 3.36. The van der Waals surface area contributed by atoms with Crippen LogP contribution in [0.5, 0.6) is 11.5 Å². The van der Waals surface area contributed by atoms with Crippen molar-refractivity contribution in [1.82, 2.24) is 9.80 Å². The van der Waals surface area contributed by atoms with Crippen LogP contribution in [0.4, 0.5) is 0 Å². The summed E-state index contributed by atoms with van der Waals surface area (Å²) in [6.45, 7) is 6.65. The van der Waals surface area contributed by atoms with Crippen molar-refractivity contribution >= 4 is 23.6 Å². The topological polar surface area (TPSA) is 93.2 Å². The predicted molar refractivity (Wildman–Crippen MR) is 115 cm³/mol. The van der Waals surface area contributed by atoms with Crippen LogP contribution in [0.2, 0.25) is 0 Å². The monoisotopic (exact) mass is 436 g/mol. The molecule has 0 spiro atoms. The van der Waals surface area contributed by atoms with Crippen molar-refractivity contribution in [3.63, 3.8) is 0 Å². The van der Waals surface area contributed by atoms with E-state index in [-0.39, 0.29) is 29.5 Å². The zero-order valence-corrected chi connectivity index (χ0v) is 18.4. The SMILES string of the molecule is CC(C)COCC(C)N1C(=O)c2ccc(Oc3ccc4c(c3)C(=O)N(C)C4=O)cc2C1=O. The van der Waals surface area contributed by atoms with Gasteiger partial charge in [0.1, 0.15) is 11.5 Å². The minimum atomic E-state index is -0.400. The summed E-state index contributed by atoms with van der Waals surface area (Å²) >= 11 is 0. The van der Waals surface area contributed by atoms with Crippen LogP contribution in [0.25, 0.3) is 0 Å². The fourth-order valence-electron chi connectivity index (χ4n) is 3.79. The summed E-state index contributed by atoms with van der Waals surface area (Å²) in [4.78, 5) is 52.2. The lowest BCUT2D eigenvalue weighted by Gasteiger charge is -2.22. The van der Waals surface area contributed by atoms with Crippen LogP contribution < -0.4 is 4.74 Å². The van der Waals surface area contributed by atoms with Crippen molar-refractivity contribution in [2.75, 3.05) is 20.3 Å². The highest BCUT2D eigenvalue weighted by Crippen LogP contribution is 2.32. The molecule has 2 aliphatic heterocycles. The van der Waals surface area contributed by atoms with Gasteiger partial charge in [0, 0.05) is 13.7 Å². The molecule has 1 atom stereocenters. The Bertz CT molecular complexity index is 1140. The van der Waals surface area contributed by atoms with Crippen molar-refractivity contribution in [1.29, 1.82) is 0 Å². The van der Waals surface area contributed by atoms with Crippen molar-refractivity contribution in [2.45, 2.75) is 26.8 Å². The molecular weight excluding hydrogens is 412 g/mol. The standard InChI is InChI=1S/C24H24N2O6/c1-13(2)11-31-12-14(3)26-23(29)18-8-6-16(10-20(18)24(26)30)32-15-5-7-17-19(9-15)22(28)25(4)21(17)27/h5-10,13-14H,11-12H2,1-4H3. The maximum Gasteiger partial charge on any atom is 0.262 e. The zero-order valence-electron chi connectivity index (χ0n) is 18.4. The first-order valence-corrected chi connectivity index (χ1v) is 10.4. The highest BCUT2D eigenvalue weighted by atomic mass is 16.5. The van der Waals surface area contributed by atoms with E-state index >= 15 is 0 Å². The molecule has 2 aromatic rings. The van der Waals surface area contributed by atoms with E-state index in [4.69, 9.17) is 9.47 Å². The summed E-state index contributed by atoms with van der Waals surface area (Å²) in [5.41, 5.74) is 1.16. The van der Waals surface area contributed by atoms with Gasteiger partial charge in [-0.25, -0.2) is 0 Å². The fourth-order valence-corrected chi connectivity index (χ4v) is 3.79. The number of hydrogen-bond donors (Lipinski definition) is 0. The van der Waals surface area contributed by atoms with Gasteiger partial charge in [-0.2, -0.15) is 0 Å². The second-order valence-corrected chi connectivity index (χ2v) is 8.45. The Morgan fingerprint density at radius 2 is 1.22 bits per heavy atom. The Balaban J connectivity index is 1.52. The number of imide groups is 2. The molecule has 4 rings (SSSR count). The first-order chi connectivity index (χ1) is 15.2. The molecule has 166 valence electrons. The second kappa shape index (κ2) is 8.20. The molecular formula is C24H24N2O6. The third kappa shape index (κ3) is 3.67. The van der Waals surface area contributed by atoms with Crippen molar-refractivity contribution < 1.29 is 28.7 Å². The second-order valence-electron chi connectivity index (χ2n) is 8.45. The highest BCUT2D eigenvalue weighted by molar-refractivity contribution is 6.22. The number of nitrogens with zero attached hydrogens (tertiary/aromatic N) is 2. The van der Waals surface area contributed by atoms with E-state index in [1.807, 2.05) is 13.8 Å². The molecule has 2 aromatic carbocycles. The first kappa shape index (κ1) is 21.7. The summed E-state index contributed by atoms with van der Waals surface area (Å²) in [7, 11) is 1.43. The molecule has 2 aliphatic rings. The van der Waals surface area contributed by atoms with Crippen LogP contribution in [-0.4, -0.2) is 59.7 Å². The Labute approximate surface area is 185 Å². The Morgan fingerprint density at radius 3 is 1.81 bits per heavy atom. The number of rotatable bonds is 7. The summed E-state index contributed by atoms with van der Waals surface area (Å²) in [5.74, 6) is -0.449. The lowest BCUT2D eigenvalue weighted by Crippen LogP contribution is -2.40. The summed E-state index contributed by atoms with van der Waals surface area (Å²) < 4.78 is 11.4. The van der Waals surface area contributed by atoms with Crippen LogP contribution in [0.15, 0.2) is 36.4 Å². The van der Waals surface area contributed by atoms with Crippen molar-refractivity contribution in [2.24, 2.45) is 5.92 Å². The molecule has 0 aromatic heterocycles. The Hall–Kier alpha value is -3.52. The van der Waals surface area contributed by atoms with Gasteiger partial charge in [-0.3, -0.25) is 29.0 Å². The smallest absolute Gasteiger partial charge is 0.262 e. The molecule has 2 heterocycles. The van der Waals surface area contributed by atoms with Crippen LogP contribution in [0, 0.1) is 5.92 Å². The average Bonchev–Trinajstić information content (AvgIpc) is 3.12. The van der Waals surface area contributed by atoms with E-state index < -0.39 is 17.9 Å². The molecule has 0 bridgehead atoms. The third-order valence-electron chi connectivity index (χ3n) is 5.44. The lowest BCUT2D eigenvalue weighted by atomic mass is 10.1. The molecule has 0 saturated carbocycles. The van der Waals surface area contributed by atoms with Gasteiger partial charge in [-0.15, -0.1) is 0 Å².